The van der Waals surface area contributed by atoms with Crippen molar-refractivity contribution < 1.29 is 22.7 Å². The number of carbonyl (C=O) groups is 1. The van der Waals surface area contributed by atoms with E-state index in [2.05, 4.69) is 9.97 Å². The number of hydrogen-bond donors (Lipinski definition) is 1. The molecular formula is C23H20F3N5O2. The maximum absolute atomic E-state index is 13.6. The van der Waals surface area contributed by atoms with Crippen LogP contribution < -0.4 is 10.5 Å². The number of ether oxygens (including phenoxy) is 1. The summed E-state index contributed by atoms with van der Waals surface area (Å²) in [7, 11) is 1.63. The van der Waals surface area contributed by atoms with Crippen LogP contribution in [-0.2, 0) is 12.6 Å². The molecule has 33 heavy (non-hydrogen) atoms. The van der Waals surface area contributed by atoms with Gasteiger partial charge < -0.3 is 15.4 Å². The summed E-state index contributed by atoms with van der Waals surface area (Å²) in [6.07, 6.45) is -0.666. The number of aryl methyl sites for hydroxylation is 1. The molecule has 0 fully saturated rings. The monoisotopic (exact) mass is 455 g/mol. The quantitative estimate of drug-likeness (QED) is 0.499. The molecule has 0 unspecified atom stereocenters. The van der Waals surface area contributed by atoms with Crippen molar-refractivity contribution in [2.45, 2.75) is 25.6 Å². The first-order chi connectivity index (χ1) is 15.7. The van der Waals surface area contributed by atoms with E-state index >= 15 is 0 Å². The number of nitrogens with zero attached hydrogens (tertiary/aromatic N) is 4. The third-order valence-corrected chi connectivity index (χ3v) is 6.10. The zero-order valence-electron chi connectivity index (χ0n) is 17.8. The number of benzene rings is 2. The van der Waals surface area contributed by atoms with Crippen LogP contribution in [0.1, 0.15) is 40.0 Å². The van der Waals surface area contributed by atoms with Gasteiger partial charge in [-0.05, 0) is 36.2 Å². The second-order valence-corrected chi connectivity index (χ2v) is 7.99. The molecule has 2 aromatic heterocycles. The number of nitrogen functional groups attached to an aromatic ring is 1. The van der Waals surface area contributed by atoms with Crippen LogP contribution in [-0.4, -0.2) is 38.8 Å². The number of nitrogens with two attached hydrogens (primary N) is 1. The molecule has 0 saturated carbocycles. The van der Waals surface area contributed by atoms with E-state index in [1.165, 1.54) is 11.0 Å². The van der Waals surface area contributed by atoms with E-state index in [0.717, 1.165) is 17.7 Å². The number of imidazole rings is 1. The van der Waals surface area contributed by atoms with Gasteiger partial charge in [0.25, 0.3) is 5.91 Å². The number of fused-ring (bicyclic) bond motifs is 4. The SMILES string of the molecule is CCc1cc2nc(N)c3cncn3c2cc1C(=O)N(C)[C@@H]1COc2cc(C(F)(F)F)ccc21. The highest BCUT2D eigenvalue weighted by Crippen LogP contribution is 2.40. The van der Waals surface area contributed by atoms with Crippen LogP contribution in [0.15, 0.2) is 42.9 Å². The van der Waals surface area contributed by atoms with Crippen molar-refractivity contribution in [3.63, 3.8) is 0 Å². The number of anilines is 1. The Hall–Kier alpha value is -3.82. The average Bonchev–Trinajstić information content (AvgIpc) is 3.44. The Bertz CT molecular complexity index is 1410. The lowest BCUT2D eigenvalue weighted by atomic mass is 10.00. The number of aromatic nitrogens is 3. The van der Waals surface area contributed by atoms with Crippen LogP contribution in [0.3, 0.4) is 0 Å². The molecule has 0 bridgehead atoms. The van der Waals surface area contributed by atoms with Crippen LogP contribution >= 0.6 is 0 Å². The molecule has 10 heteroatoms. The summed E-state index contributed by atoms with van der Waals surface area (Å²) in [4.78, 5) is 23.6. The van der Waals surface area contributed by atoms with Crippen molar-refractivity contribution in [2.24, 2.45) is 0 Å². The van der Waals surface area contributed by atoms with E-state index in [0.29, 0.717) is 39.9 Å². The lowest BCUT2D eigenvalue weighted by Gasteiger charge is -2.25. The molecule has 2 N–H and O–H groups in total. The minimum atomic E-state index is -4.46. The number of hydrogen-bond acceptors (Lipinski definition) is 5. The molecule has 1 aliphatic rings. The van der Waals surface area contributed by atoms with Crippen molar-refractivity contribution in [2.75, 3.05) is 19.4 Å². The Kier molecular flexibility index (Phi) is 4.70. The highest BCUT2D eigenvalue weighted by molar-refractivity contribution is 6.00. The summed E-state index contributed by atoms with van der Waals surface area (Å²) in [5, 5.41) is 0. The fraction of sp³-hybridized carbons (Fsp3) is 0.261. The molecule has 4 aromatic rings. The molecule has 0 spiro atoms. The number of likely N-dealkylation sites (N-methyl/N-ethyl adjacent to an activating group) is 1. The summed E-state index contributed by atoms with van der Waals surface area (Å²) < 4.78 is 46.4. The van der Waals surface area contributed by atoms with E-state index in [1.54, 1.807) is 30.0 Å². The molecule has 2 aromatic carbocycles. The predicted octanol–water partition coefficient (Wildman–Crippen LogP) is 4.25. The molecule has 5 rings (SSSR count). The van der Waals surface area contributed by atoms with Crippen LogP contribution in [0.2, 0.25) is 0 Å². The first-order valence-corrected chi connectivity index (χ1v) is 10.3. The maximum Gasteiger partial charge on any atom is 0.416 e. The van der Waals surface area contributed by atoms with Crippen molar-refractivity contribution in [1.82, 2.24) is 19.3 Å². The first kappa shape index (κ1) is 21.0. The Morgan fingerprint density at radius 1 is 1.27 bits per heavy atom. The molecule has 0 saturated heterocycles. The standard InChI is InChI=1S/C23H20F3N5O2/c1-3-12-6-16-17(31-11-28-9-18(31)21(27)29-16)8-15(12)22(32)30(2)19-10-33-20-7-13(23(24,25)26)4-5-14(19)20/h4-9,11,19H,3,10H2,1-2H3,(H2,27,29)/t19-/m1/s1. The predicted molar refractivity (Wildman–Crippen MR) is 116 cm³/mol. The van der Waals surface area contributed by atoms with Gasteiger partial charge in [0, 0.05) is 18.2 Å². The maximum atomic E-state index is 13.6. The van der Waals surface area contributed by atoms with E-state index < -0.39 is 17.8 Å². The van der Waals surface area contributed by atoms with Crippen molar-refractivity contribution in [3.05, 3.63) is 65.1 Å². The first-order valence-electron chi connectivity index (χ1n) is 10.3. The average molecular weight is 455 g/mol. The topological polar surface area (TPSA) is 85.8 Å². The van der Waals surface area contributed by atoms with Gasteiger partial charge in [-0.25, -0.2) is 9.97 Å². The Morgan fingerprint density at radius 3 is 2.79 bits per heavy atom. The number of halogens is 3. The summed E-state index contributed by atoms with van der Waals surface area (Å²) in [6, 6.07) is 6.46. The van der Waals surface area contributed by atoms with E-state index in [4.69, 9.17) is 10.5 Å². The van der Waals surface area contributed by atoms with Gasteiger partial charge >= 0.3 is 6.18 Å². The zero-order chi connectivity index (χ0) is 23.5. The largest absolute Gasteiger partial charge is 0.491 e. The zero-order valence-corrected chi connectivity index (χ0v) is 17.8. The summed E-state index contributed by atoms with van der Waals surface area (Å²) >= 11 is 0. The minimum Gasteiger partial charge on any atom is -0.491 e. The molecule has 0 aliphatic carbocycles. The van der Waals surface area contributed by atoms with Crippen LogP contribution in [0.4, 0.5) is 19.0 Å². The fourth-order valence-corrected chi connectivity index (χ4v) is 4.28. The fourth-order valence-electron chi connectivity index (χ4n) is 4.28. The number of rotatable bonds is 3. The molecule has 0 radical (unpaired) electrons. The molecule has 7 nitrogen and oxygen atoms in total. The van der Waals surface area contributed by atoms with Gasteiger partial charge in [-0.1, -0.05) is 13.0 Å². The van der Waals surface area contributed by atoms with E-state index in [9.17, 15) is 18.0 Å². The van der Waals surface area contributed by atoms with Gasteiger partial charge in [0.2, 0.25) is 0 Å². The smallest absolute Gasteiger partial charge is 0.416 e. The lowest BCUT2D eigenvalue weighted by Crippen LogP contribution is -2.32. The number of amides is 1. The van der Waals surface area contributed by atoms with Crippen molar-refractivity contribution in [3.8, 4) is 5.75 Å². The number of carbonyl (C=O) groups excluding carboxylic acids is 1. The summed E-state index contributed by atoms with van der Waals surface area (Å²) in [5.41, 5.74) is 9.03. The van der Waals surface area contributed by atoms with Gasteiger partial charge in [0.15, 0.2) is 0 Å². The van der Waals surface area contributed by atoms with Crippen LogP contribution in [0.25, 0.3) is 16.6 Å². The Morgan fingerprint density at radius 2 is 2.06 bits per heavy atom. The highest BCUT2D eigenvalue weighted by atomic mass is 19.4. The molecular weight excluding hydrogens is 435 g/mol. The van der Waals surface area contributed by atoms with Gasteiger partial charge in [0.05, 0.1) is 35.2 Å². The molecule has 3 heterocycles. The third kappa shape index (κ3) is 3.33. The normalized spacial score (nSPS) is 15.6. The highest BCUT2D eigenvalue weighted by Gasteiger charge is 2.36. The van der Waals surface area contributed by atoms with Crippen LogP contribution in [0, 0.1) is 0 Å². The minimum absolute atomic E-state index is 0.0811. The van der Waals surface area contributed by atoms with Crippen molar-refractivity contribution >= 4 is 28.3 Å². The van der Waals surface area contributed by atoms with E-state index in [1.807, 2.05) is 13.0 Å². The lowest BCUT2D eigenvalue weighted by molar-refractivity contribution is -0.137. The molecule has 1 atom stereocenters. The second kappa shape index (κ2) is 7.36. The summed E-state index contributed by atoms with van der Waals surface area (Å²) in [5.74, 6) is 0.222. The number of alkyl halides is 3. The Balaban J connectivity index is 1.55. The molecule has 170 valence electrons. The van der Waals surface area contributed by atoms with Gasteiger partial charge in [-0.15, -0.1) is 0 Å². The molecule has 1 aliphatic heterocycles. The van der Waals surface area contributed by atoms with Crippen LogP contribution in [0.5, 0.6) is 5.75 Å². The van der Waals surface area contributed by atoms with Gasteiger partial charge in [-0.3, -0.25) is 9.20 Å². The van der Waals surface area contributed by atoms with E-state index in [-0.39, 0.29) is 18.3 Å². The third-order valence-electron chi connectivity index (χ3n) is 6.10. The second-order valence-electron chi connectivity index (χ2n) is 7.99. The van der Waals surface area contributed by atoms with Gasteiger partial charge in [0.1, 0.15) is 23.7 Å². The Labute approximate surface area is 186 Å². The molecule has 1 amide bonds. The van der Waals surface area contributed by atoms with Gasteiger partial charge in [-0.2, -0.15) is 13.2 Å². The summed E-state index contributed by atoms with van der Waals surface area (Å²) in [6.45, 7) is 2.02. The van der Waals surface area contributed by atoms with Crippen molar-refractivity contribution in [1.29, 1.82) is 0 Å².